The number of carbonyl (C=O) groups is 1. The number of halogens is 3. The van der Waals surface area contributed by atoms with Gasteiger partial charge in [0, 0.05) is 35.8 Å². The second-order valence-corrected chi connectivity index (χ2v) is 10.0. The maximum absolute atomic E-state index is 14.6. The third-order valence-electron chi connectivity index (χ3n) is 6.19. The van der Waals surface area contributed by atoms with E-state index in [1.807, 2.05) is 0 Å². The fraction of sp³-hybridized carbons (Fsp3) is 0.250. The predicted octanol–water partition coefficient (Wildman–Crippen LogP) is 6.64. The van der Waals surface area contributed by atoms with Crippen LogP contribution in [0.4, 0.5) is 13.2 Å². The first-order chi connectivity index (χ1) is 17.8. The molecule has 1 aliphatic rings. The first-order valence-corrected chi connectivity index (χ1v) is 12.6. The quantitative estimate of drug-likeness (QED) is 0.247. The summed E-state index contributed by atoms with van der Waals surface area (Å²) in [7, 11) is 0. The number of benzene rings is 3. The standard InChI is InChI=1S/C28H24F3NO4S/c1-16-11-17(30)12-23(31)25(16)26(34)28-27(22-8-3-18(33)13-24(22)37-28)36-20-6-4-19(5-7-20)35-21-14-32(15-21)10-2-9-29/h3-8,11-13,21,33H,2,9-10,14-15H2,1H3. The number of hydrogen-bond acceptors (Lipinski definition) is 6. The van der Waals surface area contributed by atoms with Crippen molar-refractivity contribution in [1.82, 2.24) is 4.90 Å². The molecule has 0 spiro atoms. The van der Waals surface area contributed by atoms with Crippen molar-refractivity contribution in [1.29, 1.82) is 0 Å². The number of rotatable bonds is 9. The van der Waals surface area contributed by atoms with E-state index in [0.717, 1.165) is 37.0 Å². The maximum atomic E-state index is 14.6. The Morgan fingerprint density at radius 1 is 1.08 bits per heavy atom. The highest BCUT2D eigenvalue weighted by molar-refractivity contribution is 7.21. The van der Waals surface area contributed by atoms with Crippen LogP contribution in [0.3, 0.4) is 0 Å². The third-order valence-corrected chi connectivity index (χ3v) is 7.32. The van der Waals surface area contributed by atoms with Gasteiger partial charge in [-0.15, -0.1) is 11.3 Å². The van der Waals surface area contributed by atoms with Crippen LogP contribution >= 0.6 is 11.3 Å². The fourth-order valence-corrected chi connectivity index (χ4v) is 5.48. The van der Waals surface area contributed by atoms with E-state index in [1.165, 1.54) is 19.1 Å². The van der Waals surface area contributed by atoms with E-state index >= 15 is 0 Å². The zero-order chi connectivity index (χ0) is 26.1. The number of hydrogen-bond donors (Lipinski definition) is 1. The Bertz CT molecular complexity index is 1430. The molecule has 0 atom stereocenters. The molecule has 2 heterocycles. The average Bonchev–Trinajstić information content (AvgIpc) is 3.18. The van der Waals surface area contributed by atoms with Crippen LogP contribution in [0.2, 0.25) is 0 Å². The van der Waals surface area contributed by atoms with E-state index in [0.29, 0.717) is 34.1 Å². The number of ketones is 1. The summed E-state index contributed by atoms with van der Waals surface area (Å²) < 4.78 is 53.2. The highest BCUT2D eigenvalue weighted by atomic mass is 32.1. The van der Waals surface area contributed by atoms with Crippen LogP contribution in [0.25, 0.3) is 10.1 Å². The Kier molecular flexibility index (Phi) is 7.08. The van der Waals surface area contributed by atoms with Crippen molar-refractivity contribution in [3.63, 3.8) is 0 Å². The van der Waals surface area contributed by atoms with E-state index < -0.39 is 17.4 Å². The van der Waals surface area contributed by atoms with Crippen molar-refractivity contribution in [2.75, 3.05) is 26.3 Å². The van der Waals surface area contributed by atoms with Crippen molar-refractivity contribution < 1.29 is 32.5 Å². The number of likely N-dealkylation sites (tertiary alicyclic amines) is 1. The minimum absolute atomic E-state index is 0.0178. The molecule has 0 bridgehead atoms. The lowest BCUT2D eigenvalue weighted by Gasteiger charge is -2.38. The molecule has 0 radical (unpaired) electrons. The van der Waals surface area contributed by atoms with Crippen LogP contribution in [-0.4, -0.2) is 48.2 Å². The number of ether oxygens (including phenoxy) is 2. The van der Waals surface area contributed by atoms with Gasteiger partial charge in [0.2, 0.25) is 5.78 Å². The Morgan fingerprint density at radius 3 is 2.51 bits per heavy atom. The van der Waals surface area contributed by atoms with Gasteiger partial charge in [0.05, 0.1) is 12.2 Å². The van der Waals surface area contributed by atoms with Gasteiger partial charge in [0.1, 0.15) is 39.9 Å². The van der Waals surface area contributed by atoms with Crippen LogP contribution in [-0.2, 0) is 0 Å². The summed E-state index contributed by atoms with van der Waals surface area (Å²) in [6, 6.07) is 13.3. The first kappa shape index (κ1) is 25.1. The van der Waals surface area contributed by atoms with Gasteiger partial charge >= 0.3 is 0 Å². The Balaban J connectivity index is 1.39. The van der Waals surface area contributed by atoms with Crippen LogP contribution in [0.15, 0.2) is 54.6 Å². The monoisotopic (exact) mass is 527 g/mol. The lowest BCUT2D eigenvalue weighted by molar-refractivity contribution is 0.0184. The van der Waals surface area contributed by atoms with Gasteiger partial charge in [-0.3, -0.25) is 14.1 Å². The fourth-order valence-electron chi connectivity index (χ4n) is 4.38. The van der Waals surface area contributed by atoms with Crippen LogP contribution in [0, 0.1) is 18.6 Å². The van der Waals surface area contributed by atoms with Crippen LogP contribution < -0.4 is 9.47 Å². The lowest BCUT2D eigenvalue weighted by Crippen LogP contribution is -2.53. The molecule has 0 saturated carbocycles. The van der Waals surface area contributed by atoms with E-state index in [-0.39, 0.29) is 40.3 Å². The predicted molar refractivity (Wildman–Crippen MR) is 136 cm³/mol. The van der Waals surface area contributed by atoms with E-state index in [4.69, 9.17) is 9.47 Å². The van der Waals surface area contributed by atoms with Gasteiger partial charge in [-0.05, 0) is 67.4 Å². The zero-order valence-electron chi connectivity index (χ0n) is 20.0. The van der Waals surface area contributed by atoms with Crippen molar-refractivity contribution >= 4 is 27.2 Å². The minimum Gasteiger partial charge on any atom is -0.508 e. The van der Waals surface area contributed by atoms with Gasteiger partial charge in [0.25, 0.3) is 0 Å². The number of phenols is 1. The number of aromatic hydroxyl groups is 1. The highest BCUT2D eigenvalue weighted by Crippen LogP contribution is 2.43. The number of fused-ring (bicyclic) bond motifs is 1. The number of thiophene rings is 1. The van der Waals surface area contributed by atoms with Crippen molar-refractivity contribution in [3.05, 3.63) is 82.2 Å². The summed E-state index contributed by atoms with van der Waals surface area (Å²) in [6.07, 6.45) is 0.561. The van der Waals surface area contributed by atoms with E-state index in [2.05, 4.69) is 4.90 Å². The molecule has 192 valence electrons. The van der Waals surface area contributed by atoms with Crippen molar-refractivity contribution in [2.45, 2.75) is 19.4 Å². The molecule has 5 rings (SSSR count). The Hall–Kier alpha value is -3.56. The summed E-state index contributed by atoms with van der Waals surface area (Å²) >= 11 is 1.06. The second-order valence-electron chi connectivity index (χ2n) is 8.96. The molecule has 9 heteroatoms. The number of carbonyl (C=O) groups excluding carboxylic acids is 1. The van der Waals surface area contributed by atoms with Crippen LogP contribution in [0.1, 0.15) is 27.2 Å². The normalized spacial score (nSPS) is 14.1. The Labute approximate surface area is 215 Å². The largest absolute Gasteiger partial charge is 0.508 e. The van der Waals surface area contributed by atoms with Gasteiger partial charge in [-0.2, -0.15) is 0 Å². The van der Waals surface area contributed by atoms with Gasteiger partial charge in [0.15, 0.2) is 5.75 Å². The molecular weight excluding hydrogens is 503 g/mol. The number of alkyl halides is 1. The van der Waals surface area contributed by atoms with Crippen LogP contribution in [0.5, 0.6) is 23.0 Å². The zero-order valence-corrected chi connectivity index (χ0v) is 20.8. The summed E-state index contributed by atoms with van der Waals surface area (Å²) in [5, 5.41) is 10.5. The number of nitrogens with zero attached hydrogens (tertiary/aromatic N) is 1. The summed E-state index contributed by atoms with van der Waals surface area (Å²) in [4.78, 5) is 15.7. The average molecular weight is 528 g/mol. The number of phenolic OH excluding ortho intramolecular Hbond substituents is 1. The highest BCUT2D eigenvalue weighted by Gasteiger charge is 2.28. The number of aryl methyl sites for hydroxylation is 1. The third kappa shape index (κ3) is 5.28. The SMILES string of the molecule is Cc1cc(F)cc(F)c1C(=O)c1sc2cc(O)ccc2c1Oc1ccc(OC2CN(CCCF)C2)cc1. The smallest absolute Gasteiger partial charge is 0.210 e. The first-order valence-electron chi connectivity index (χ1n) is 11.8. The molecule has 4 aromatic rings. The van der Waals surface area contributed by atoms with Crippen molar-refractivity contribution in [2.24, 2.45) is 0 Å². The molecular formula is C28H24F3NO4S. The summed E-state index contributed by atoms with van der Waals surface area (Å²) in [5.41, 5.74) is -0.0543. The lowest BCUT2D eigenvalue weighted by atomic mass is 10.0. The topological polar surface area (TPSA) is 59.0 Å². The summed E-state index contributed by atoms with van der Waals surface area (Å²) in [6.45, 7) is 3.36. The molecule has 0 aliphatic carbocycles. The van der Waals surface area contributed by atoms with E-state index in [9.17, 15) is 23.1 Å². The molecule has 37 heavy (non-hydrogen) atoms. The molecule has 5 nitrogen and oxygen atoms in total. The maximum Gasteiger partial charge on any atom is 0.210 e. The minimum atomic E-state index is -0.950. The molecule has 1 saturated heterocycles. The van der Waals surface area contributed by atoms with Gasteiger partial charge in [-0.25, -0.2) is 8.78 Å². The molecule has 1 aromatic heterocycles. The van der Waals surface area contributed by atoms with Gasteiger partial charge in [-0.1, -0.05) is 0 Å². The molecule has 1 N–H and O–H groups in total. The molecule has 3 aromatic carbocycles. The van der Waals surface area contributed by atoms with E-state index in [1.54, 1.807) is 30.3 Å². The summed E-state index contributed by atoms with van der Waals surface area (Å²) in [5.74, 6) is -1.01. The molecule has 0 unspecified atom stereocenters. The molecule has 1 aliphatic heterocycles. The van der Waals surface area contributed by atoms with Crippen molar-refractivity contribution in [3.8, 4) is 23.0 Å². The second kappa shape index (κ2) is 10.4. The Morgan fingerprint density at radius 2 is 1.81 bits per heavy atom. The molecule has 1 fully saturated rings. The van der Waals surface area contributed by atoms with Gasteiger partial charge < -0.3 is 14.6 Å². The molecule has 0 amide bonds.